The summed E-state index contributed by atoms with van der Waals surface area (Å²) in [6.45, 7) is 8.47. The molecular formula is C16H20N2O. The molecule has 100 valence electrons. The van der Waals surface area contributed by atoms with Crippen molar-refractivity contribution in [2.24, 2.45) is 0 Å². The summed E-state index contributed by atoms with van der Waals surface area (Å²) in [6.07, 6.45) is 1.85. The van der Waals surface area contributed by atoms with Crippen LogP contribution in [0.25, 0.3) is 0 Å². The SMILES string of the molecule is Cc1ccc(N)c(Oc2ccc(C(C)(C)C)cn2)c1. The molecule has 0 unspecified atom stereocenters. The van der Waals surface area contributed by atoms with E-state index in [1.165, 1.54) is 5.56 Å². The van der Waals surface area contributed by atoms with Gasteiger partial charge >= 0.3 is 0 Å². The molecule has 0 atom stereocenters. The van der Waals surface area contributed by atoms with Crippen LogP contribution in [0.3, 0.4) is 0 Å². The monoisotopic (exact) mass is 256 g/mol. The van der Waals surface area contributed by atoms with Crippen LogP contribution in [-0.2, 0) is 5.41 Å². The first-order chi connectivity index (χ1) is 8.86. The van der Waals surface area contributed by atoms with Crippen molar-refractivity contribution in [3.8, 4) is 11.6 Å². The number of nitrogen functional groups attached to an aromatic ring is 1. The van der Waals surface area contributed by atoms with Crippen LogP contribution < -0.4 is 10.5 Å². The number of nitrogens with zero attached hydrogens (tertiary/aromatic N) is 1. The van der Waals surface area contributed by atoms with E-state index < -0.39 is 0 Å². The summed E-state index contributed by atoms with van der Waals surface area (Å²) in [5.74, 6) is 1.21. The highest BCUT2D eigenvalue weighted by atomic mass is 16.5. The quantitative estimate of drug-likeness (QED) is 0.824. The number of pyridine rings is 1. The third kappa shape index (κ3) is 3.25. The molecule has 0 bridgehead atoms. The number of anilines is 1. The van der Waals surface area contributed by atoms with Gasteiger partial charge in [-0.25, -0.2) is 4.98 Å². The molecule has 0 aliphatic heterocycles. The smallest absolute Gasteiger partial charge is 0.219 e. The summed E-state index contributed by atoms with van der Waals surface area (Å²) >= 11 is 0. The van der Waals surface area contributed by atoms with E-state index in [4.69, 9.17) is 10.5 Å². The second-order valence-electron chi connectivity index (χ2n) is 5.78. The molecule has 2 rings (SSSR count). The van der Waals surface area contributed by atoms with Crippen LogP contribution in [0.5, 0.6) is 11.6 Å². The first kappa shape index (κ1) is 13.4. The Labute approximate surface area is 114 Å². The highest BCUT2D eigenvalue weighted by molar-refractivity contribution is 5.54. The summed E-state index contributed by atoms with van der Waals surface area (Å²) in [4.78, 5) is 4.33. The Bertz CT molecular complexity index is 568. The zero-order chi connectivity index (χ0) is 14.0. The summed E-state index contributed by atoms with van der Waals surface area (Å²) in [6, 6.07) is 9.62. The highest BCUT2D eigenvalue weighted by Crippen LogP contribution is 2.28. The van der Waals surface area contributed by atoms with Gasteiger partial charge in [-0.2, -0.15) is 0 Å². The van der Waals surface area contributed by atoms with Crippen molar-refractivity contribution in [1.82, 2.24) is 4.98 Å². The lowest BCUT2D eigenvalue weighted by Gasteiger charge is -2.18. The number of benzene rings is 1. The molecule has 0 saturated carbocycles. The van der Waals surface area contributed by atoms with E-state index in [0.717, 1.165) is 5.56 Å². The summed E-state index contributed by atoms with van der Waals surface area (Å²) < 4.78 is 5.72. The molecule has 1 aromatic heterocycles. The van der Waals surface area contributed by atoms with Crippen molar-refractivity contribution in [2.75, 3.05) is 5.73 Å². The van der Waals surface area contributed by atoms with Gasteiger partial charge in [0.1, 0.15) is 0 Å². The topological polar surface area (TPSA) is 48.1 Å². The normalized spacial score (nSPS) is 11.4. The Balaban J connectivity index is 2.22. The van der Waals surface area contributed by atoms with E-state index in [9.17, 15) is 0 Å². The minimum Gasteiger partial charge on any atom is -0.437 e. The fraction of sp³-hybridized carbons (Fsp3) is 0.312. The Morgan fingerprint density at radius 2 is 1.84 bits per heavy atom. The zero-order valence-electron chi connectivity index (χ0n) is 11.9. The van der Waals surface area contributed by atoms with Gasteiger partial charge in [0.2, 0.25) is 5.88 Å². The van der Waals surface area contributed by atoms with Gasteiger partial charge in [0.05, 0.1) is 5.69 Å². The standard InChI is InChI=1S/C16H20N2O/c1-11-5-7-13(17)14(9-11)19-15-8-6-12(10-18-15)16(2,3)4/h5-10H,17H2,1-4H3. The average Bonchev–Trinajstić information content (AvgIpc) is 2.33. The second-order valence-corrected chi connectivity index (χ2v) is 5.78. The molecule has 0 aliphatic carbocycles. The van der Waals surface area contributed by atoms with Crippen LogP contribution in [0.4, 0.5) is 5.69 Å². The first-order valence-corrected chi connectivity index (χ1v) is 6.37. The van der Waals surface area contributed by atoms with Crippen LogP contribution in [-0.4, -0.2) is 4.98 Å². The Kier molecular flexibility index (Phi) is 3.47. The van der Waals surface area contributed by atoms with Gasteiger partial charge in [-0.15, -0.1) is 0 Å². The van der Waals surface area contributed by atoms with Crippen molar-refractivity contribution in [3.63, 3.8) is 0 Å². The number of rotatable bonds is 2. The predicted molar refractivity (Wildman–Crippen MR) is 78.6 cm³/mol. The van der Waals surface area contributed by atoms with E-state index in [1.54, 1.807) is 0 Å². The minimum atomic E-state index is 0.0912. The van der Waals surface area contributed by atoms with Gasteiger partial charge < -0.3 is 10.5 Å². The van der Waals surface area contributed by atoms with Crippen LogP contribution in [0.1, 0.15) is 31.9 Å². The van der Waals surface area contributed by atoms with Gasteiger partial charge in [0.15, 0.2) is 5.75 Å². The molecule has 0 amide bonds. The van der Waals surface area contributed by atoms with Crippen molar-refractivity contribution >= 4 is 5.69 Å². The third-order valence-electron chi connectivity index (χ3n) is 2.99. The maximum Gasteiger partial charge on any atom is 0.219 e. The molecule has 2 aromatic rings. The Hall–Kier alpha value is -2.03. The first-order valence-electron chi connectivity index (χ1n) is 6.37. The minimum absolute atomic E-state index is 0.0912. The van der Waals surface area contributed by atoms with Crippen LogP contribution in [0, 0.1) is 6.92 Å². The summed E-state index contributed by atoms with van der Waals surface area (Å²) in [7, 11) is 0. The fourth-order valence-electron chi connectivity index (χ4n) is 1.73. The summed E-state index contributed by atoms with van der Waals surface area (Å²) in [5, 5.41) is 0. The van der Waals surface area contributed by atoms with Crippen LogP contribution in [0.15, 0.2) is 36.5 Å². The van der Waals surface area contributed by atoms with Gasteiger partial charge in [-0.1, -0.05) is 32.9 Å². The number of hydrogen-bond donors (Lipinski definition) is 1. The average molecular weight is 256 g/mol. The van der Waals surface area contributed by atoms with Crippen molar-refractivity contribution in [1.29, 1.82) is 0 Å². The van der Waals surface area contributed by atoms with E-state index in [1.807, 2.05) is 43.5 Å². The molecule has 1 aromatic carbocycles. The van der Waals surface area contributed by atoms with Crippen molar-refractivity contribution < 1.29 is 4.74 Å². The van der Waals surface area contributed by atoms with E-state index in [2.05, 4.69) is 25.8 Å². The van der Waals surface area contributed by atoms with E-state index in [-0.39, 0.29) is 5.41 Å². The maximum atomic E-state index is 5.88. The Morgan fingerprint density at radius 1 is 1.11 bits per heavy atom. The molecule has 0 aliphatic rings. The number of aromatic nitrogens is 1. The Morgan fingerprint density at radius 3 is 2.42 bits per heavy atom. The third-order valence-corrected chi connectivity index (χ3v) is 2.99. The van der Waals surface area contributed by atoms with E-state index in [0.29, 0.717) is 17.3 Å². The number of nitrogens with two attached hydrogens (primary N) is 1. The van der Waals surface area contributed by atoms with Crippen LogP contribution in [0.2, 0.25) is 0 Å². The predicted octanol–water partition coefficient (Wildman–Crippen LogP) is 4.06. The molecule has 3 heteroatoms. The largest absolute Gasteiger partial charge is 0.437 e. The molecule has 0 fully saturated rings. The van der Waals surface area contributed by atoms with E-state index >= 15 is 0 Å². The van der Waals surface area contributed by atoms with Crippen molar-refractivity contribution in [3.05, 3.63) is 47.7 Å². The molecular weight excluding hydrogens is 236 g/mol. The second kappa shape index (κ2) is 4.92. The van der Waals surface area contributed by atoms with Gasteiger partial charge in [-0.3, -0.25) is 0 Å². The lowest BCUT2D eigenvalue weighted by molar-refractivity contribution is 0.462. The van der Waals surface area contributed by atoms with Crippen molar-refractivity contribution in [2.45, 2.75) is 33.1 Å². The van der Waals surface area contributed by atoms with Crippen LogP contribution >= 0.6 is 0 Å². The zero-order valence-corrected chi connectivity index (χ0v) is 11.9. The lowest BCUT2D eigenvalue weighted by Crippen LogP contribution is -2.11. The molecule has 19 heavy (non-hydrogen) atoms. The maximum absolute atomic E-state index is 5.88. The fourth-order valence-corrected chi connectivity index (χ4v) is 1.73. The lowest BCUT2D eigenvalue weighted by atomic mass is 9.88. The summed E-state index contributed by atoms with van der Waals surface area (Å²) in [5.41, 5.74) is 8.88. The molecule has 0 spiro atoms. The molecule has 3 nitrogen and oxygen atoms in total. The molecule has 2 N–H and O–H groups in total. The number of ether oxygens (including phenoxy) is 1. The number of aryl methyl sites for hydroxylation is 1. The van der Waals surface area contributed by atoms with Gasteiger partial charge in [0.25, 0.3) is 0 Å². The molecule has 0 radical (unpaired) electrons. The molecule has 0 saturated heterocycles. The van der Waals surface area contributed by atoms with Gasteiger partial charge in [-0.05, 0) is 35.6 Å². The highest BCUT2D eigenvalue weighted by Gasteiger charge is 2.14. The number of hydrogen-bond acceptors (Lipinski definition) is 3. The molecule has 1 heterocycles. The van der Waals surface area contributed by atoms with Gasteiger partial charge in [0, 0.05) is 12.3 Å².